The fraction of sp³-hybridized carbons (Fsp3) is 0.500. The number of nitrogens with zero attached hydrogens (tertiary/aromatic N) is 3. The molecule has 7 heteroatoms. The van der Waals surface area contributed by atoms with Crippen LogP contribution in [0, 0.1) is 0 Å². The van der Waals surface area contributed by atoms with E-state index in [1.165, 1.54) is 11.3 Å². The molecule has 0 radical (unpaired) electrons. The molecule has 6 nitrogen and oxygen atoms in total. The highest BCUT2D eigenvalue weighted by molar-refractivity contribution is 7.92. The topological polar surface area (TPSA) is 65.5 Å². The van der Waals surface area contributed by atoms with Crippen LogP contribution < -0.4 is 9.62 Å². The maximum atomic E-state index is 12.1. The maximum absolute atomic E-state index is 12.1. The SMILES string of the molecule is CCCCCS(=O)(=O)Nc1ccc(CCN2CCN(c3ccncc3)CC2)cc1. The van der Waals surface area contributed by atoms with E-state index in [9.17, 15) is 8.42 Å². The second-order valence-corrected chi connectivity index (χ2v) is 9.45. The third kappa shape index (κ3) is 7.01. The van der Waals surface area contributed by atoms with Gasteiger partial charge in [0.1, 0.15) is 0 Å². The number of pyridine rings is 1. The van der Waals surface area contributed by atoms with E-state index in [4.69, 9.17) is 0 Å². The molecule has 2 heterocycles. The number of rotatable bonds is 10. The van der Waals surface area contributed by atoms with Crippen LogP contribution in [0.1, 0.15) is 31.7 Å². The molecule has 0 atom stereocenters. The number of nitrogens with one attached hydrogen (secondary N) is 1. The Labute approximate surface area is 175 Å². The lowest BCUT2D eigenvalue weighted by molar-refractivity contribution is 0.261. The molecule has 0 bridgehead atoms. The zero-order valence-electron chi connectivity index (χ0n) is 17.3. The van der Waals surface area contributed by atoms with Crippen molar-refractivity contribution in [2.24, 2.45) is 0 Å². The molecule has 1 N–H and O–H groups in total. The number of unbranched alkanes of at least 4 members (excludes halogenated alkanes) is 2. The molecule has 1 aromatic carbocycles. The molecule has 0 unspecified atom stereocenters. The van der Waals surface area contributed by atoms with Gasteiger partial charge in [0, 0.05) is 56.5 Å². The van der Waals surface area contributed by atoms with Crippen LogP contribution in [0.2, 0.25) is 0 Å². The second-order valence-electron chi connectivity index (χ2n) is 7.61. The first kappa shape index (κ1) is 21.6. The normalized spacial score (nSPS) is 15.4. The summed E-state index contributed by atoms with van der Waals surface area (Å²) in [6.45, 7) is 7.26. The van der Waals surface area contributed by atoms with Gasteiger partial charge >= 0.3 is 0 Å². The molecule has 0 amide bonds. The van der Waals surface area contributed by atoms with Crippen molar-refractivity contribution in [2.45, 2.75) is 32.6 Å². The van der Waals surface area contributed by atoms with Gasteiger partial charge in [-0.2, -0.15) is 0 Å². The Kier molecular flexibility index (Phi) is 7.89. The molecule has 0 saturated carbocycles. The summed E-state index contributed by atoms with van der Waals surface area (Å²) in [5.74, 6) is 0.189. The van der Waals surface area contributed by atoms with E-state index >= 15 is 0 Å². The summed E-state index contributed by atoms with van der Waals surface area (Å²) < 4.78 is 26.9. The van der Waals surface area contributed by atoms with Crippen molar-refractivity contribution in [2.75, 3.05) is 48.1 Å². The minimum absolute atomic E-state index is 0.189. The highest BCUT2D eigenvalue weighted by Crippen LogP contribution is 2.16. The van der Waals surface area contributed by atoms with Crippen LogP contribution in [0.3, 0.4) is 0 Å². The lowest BCUT2D eigenvalue weighted by Crippen LogP contribution is -2.47. The van der Waals surface area contributed by atoms with Crippen LogP contribution in [-0.2, 0) is 16.4 Å². The van der Waals surface area contributed by atoms with Crippen molar-refractivity contribution in [1.29, 1.82) is 0 Å². The van der Waals surface area contributed by atoms with Gasteiger partial charge in [-0.15, -0.1) is 0 Å². The molecule has 1 aromatic heterocycles. The molecule has 1 saturated heterocycles. The summed E-state index contributed by atoms with van der Waals surface area (Å²) in [6, 6.07) is 11.9. The van der Waals surface area contributed by atoms with Crippen LogP contribution in [0.15, 0.2) is 48.8 Å². The summed E-state index contributed by atoms with van der Waals surface area (Å²) in [5, 5.41) is 0. The fourth-order valence-corrected chi connectivity index (χ4v) is 4.77. The van der Waals surface area contributed by atoms with Crippen molar-refractivity contribution >= 4 is 21.4 Å². The van der Waals surface area contributed by atoms with Crippen molar-refractivity contribution in [3.05, 3.63) is 54.4 Å². The van der Waals surface area contributed by atoms with Gasteiger partial charge in [-0.3, -0.25) is 14.6 Å². The zero-order chi connectivity index (χ0) is 20.5. The molecule has 0 spiro atoms. The van der Waals surface area contributed by atoms with Crippen LogP contribution in [0.25, 0.3) is 0 Å². The Bertz CT molecular complexity index is 833. The van der Waals surface area contributed by atoms with Gasteiger partial charge in [0.05, 0.1) is 5.75 Å². The van der Waals surface area contributed by atoms with E-state index in [0.717, 1.165) is 52.0 Å². The average molecular weight is 417 g/mol. The molecular formula is C22H32N4O2S. The van der Waals surface area contributed by atoms with Gasteiger partial charge in [0.25, 0.3) is 0 Å². The molecule has 1 aliphatic heterocycles. The number of piperazine rings is 1. The van der Waals surface area contributed by atoms with E-state index in [-0.39, 0.29) is 5.75 Å². The van der Waals surface area contributed by atoms with Crippen LogP contribution in [0.4, 0.5) is 11.4 Å². The van der Waals surface area contributed by atoms with E-state index in [1.54, 1.807) is 0 Å². The minimum atomic E-state index is -3.24. The third-order valence-electron chi connectivity index (χ3n) is 5.36. The van der Waals surface area contributed by atoms with Gasteiger partial charge in [0.2, 0.25) is 10.0 Å². The Balaban J connectivity index is 1.41. The van der Waals surface area contributed by atoms with Crippen molar-refractivity contribution in [1.82, 2.24) is 9.88 Å². The number of aromatic nitrogens is 1. The van der Waals surface area contributed by atoms with Crippen LogP contribution >= 0.6 is 0 Å². The molecule has 1 fully saturated rings. The summed E-state index contributed by atoms with van der Waals surface area (Å²) >= 11 is 0. The quantitative estimate of drug-likeness (QED) is 0.602. The highest BCUT2D eigenvalue weighted by atomic mass is 32.2. The summed E-state index contributed by atoms with van der Waals surface area (Å²) in [7, 11) is -3.24. The number of hydrogen-bond acceptors (Lipinski definition) is 5. The van der Waals surface area contributed by atoms with E-state index in [1.807, 2.05) is 36.7 Å². The van der Waals surface area contributed by atoms with Crippen LogP contribution in [-0.4, -0.2) is 56.8 Å². The maximum Gasteiger partial charge on any atom is 0.232 e. The van der Waals surface area contributed by atoms with Gasteiger partial charge in [-0.25, -0.2) is 8.42 Å². The molecule has 3 rings (SSSR count). The molecule has 158 valence electrons. The Morgan fingerprint density at radius 1 is 0.966 bits per heavy atom. The number of benzene rings is 1. The first-order valence-corrected chi connectivity index (χ1v) is 12.2. The molecule has 0 aliphatic carbocycles. The van der Waals surface area contributed by atoms with Gasteiger partial charge in [0.15, 0.2) is 0 Å². The highest BCUT2D eigenvalue weighted by Gasteiger charge is 2.17. The van der Waals surface area contributed by atoms with Gasteiger partial charge < -0.3 is 4.90 Å². The lowest BCUT2D eigenvalue weighted by Gasteiger charge is -2.36. The van der Waals surface area contributed by atoms with Crippen molar-refractivity contribution in [3.63, 3.8) is 0 Å². The van der Waals surface area contributed by atoms with E-state index < -0.39 is 10.0 Å². The zero-order valence-corrected chi connectivity index (χ0v) is 18.1. The first-order chi connectivity index (χ1) is 14.1. The van der Waals surface area contributed by atoms with Crippen molar-refractivity contribution in [3.8, 4) is 0 Å². The number of sulfonamides is 1. The standard InChI is InChI=1S/C22H32N4O2S/c1-2-3-4-19-29(27,28)24-21-7-5-20(6-8-21)11-14-25-15-17-26(18-16-25)22-9-12-23-13-10-22/h5-10,12-13,24H,2-4,11,14-19H2,1H3. The van der Waals surface area contributed by atoms with Crippen molar-refractivity contribution < 1.29 is 8.42 Å². The molecule has 2 aromatic rings. The van der Waals surface area contributed by atoms with E-state index in [0.29, 0.717) is 12.1 Å². The lowest BCUT2D eigenvalue weighted by atomic mass is 10.1. The predicted octanol–water partition coefficient (Wildman–Crippen LogP) is 3.38. The number of hydrogen-bond donors (Lipinski definition) is 1. The second kappa shape index (κ2) is 10.6. The first-order valence-electron chi connectivity index (χ1n) is 10.5. The fourth-order valence-electron chi connectivity index (χ4n) is 3.58. The monoisotopic (exact) mass is 416 g/mol. The molecule has 1 aliphatic rings. The Morgan fingerprint density at radius 3 is 2.31 bits per heavy atom. The molecular weight excluding hydrogens is 384 g/mol. The van der Waals surface area contributed by atoms with E-state index in [2.05, 4.69) is 38.6 Å². The Morgan fingerprint density at radius 2 is 1.66 bits per heavy atom. The van der Waals surface area contributed by atoms with Gasteiger partial charge in [-0.05, 0) is 42.7 Å². The van der Waals surface area contributed by atoms with Gasteiger partial charge in [-0.1, -0.05) is 31.9 Å². The summed E-state index contributed by atoms with van der Waals surface area (Å²) in [5.41, 5.74) is 3.12. The number of anilines is 2. The largest absolute Gasteiger partial charge is 0.369 e. The average Bonchev–Trinajstić information content (AvgIpc) is 2.74. The van der Waals surface area contributed by atoms with Crippen LogP contribution in [0.5, 0.6) is 0 Å². The predicted molar refractivity (Wildman–Crippen MR) is 120 cm³/mol. The smallest absolute Gasteiger partial charge is 0.232 e. The minimum Gasteiger partial charge on any atom is -0.369 e. The third-order valence-corrected chi connectivity index (χ3v) is 6.73. The molecule has 29 heavy (non-hydrogen) atoms. The Hall–Kier alpha value is -2.12. The summed E-state index contributed by atoms with van der Waals surface area (Å²) in [4.78, 5) is 8.98. The summed E-state index contributed by atoms with van der Waals surface area (Å²) in [6.07, 6.45) is 7.32.